The van der Waals surface area contributed by atoms with Crippen molar-refractivity contribution in [2.75, 3.05) is 13.6 Å². The predicted octanol–water partition coefficient (Wildman–Crippen LogP) is 3.57. The average Bonchev–Trinajstić information content (AvgIpc) is 3.10. The number of aromatic nitrogens is 1. The number of likely N-dealkylation sites (N-methyl/N-ethyl adjacent to an activating group) is 1. The number of benzene rings is 1. The van der Waals surface area contributed by atoms with Crippen LogP contribution in [0.3, 0.4) is 0 Å². The van der Waals surface area contributed by atoms with E-state index < -0.39 is 0 Å². The van der Waals surface area contributed by atoms with Crippen molar-refractivity contribution >= 4 is 16.8 Å². The van der Waals surface area contributed by atoms with Crippen molar-refractivity contribution in [3.8, 4) is 0 Å². The number of nitrogens with one attached hydrogen (secondary N) is 1. The van der Waals surface area contributed by atoms with Gasteiger partial charge in [-0.05, 0) is 76.6 Å². The SMILES string of the molecule is CC(C)n1cc2c3c(cccc31)[C@H]1CC(C(=O)NC3CCC(N)CC3)CN(C)[C@@H]1C2. The Kier molecular flexibility index (Phi) is 5.14. The summed E-state index contributed by atoms with van der Waals surface area (Å²) in [6, 6.07) is 8.34. The lowest BCUT2D eigenvalue weighted by atomic mass is 9.72. The number of rotatable bonds is 3. The molecule has 2 aromatic rings. The van der Waals surface area contributed by atoms with Gasteiger partial charge in [0.25, 0.3) is 0 Å². The number of amides is 1. The van der Waals surface area contributed by atoms with E-state index in [0.29, 0.717) is 30.1 Å². The zero-order valence-corrected chi connectivity index (χ0v) is 18.6. The molecular weight excluding hydrogens is 372 g/mol. The van der Waals surface area contributed by atoms with Gasteiger partial charge < -0.3 is 20.5 Å². The molecule has 2 heterocycles. The van der Waals surface area contributed by atoms with E-state index in [9.17, 15) is 4.79 Å². The van der Waals surface area contributed by atoms with E-state index in [1.807, 2.05) is 0 Å². The number of hydrogen-bond donors (Lipinski definition) is 2. The van der Waals surface area contributed by atoms with Gasteiger partial charge in [0.05, 0.1) is 5.92 Å². The molecule has 5 rings (SSSR count). The Balaban J connectivity index is 1.40. The quantitative estimate of drug-likeness (QED) is 0.816. The topological polar surface area (TPSA) is 63.3 Å². The first-order chi connectivity index (χ1) is 14.4. The third-order valence-electron chi connectivity index (χ3n) is 7.92. The summed E-state index contributed by atoms with van der Waals surface area (Å²) in [5, 5.41) is 4.81. The molecular formula is C25H36N4O. The average molecular weight is 409 g/mol. The second-order valence-corrected chi connectivity index (χ2v) is 10.3. The highest BCUT2D eigenvalue weighted by molar-refractivity contribution is 5.89. The fourth-order valence-electron chi connectivity index (χ4n) is 6.27. The van der Waals surface area contributed by atoms with Crippen molar-refractivity contribution in [3.63, 3.8) is 0 Å². The maximum absolute atomic E-state index is 13.2. The zero-order chi connectivity index (χ0) is 21.0. The predicted molar refractivity (Wildman–Crippen MR) is 122 cm³/mol. The van der Waals surface area contributed by atoms with Gasteiger partial charge >= 0.3 is 0 Å². The zero-order valence-electron chi connectivity index (χ0n) is 18.6. The molecule has 0 radical (unpaired) electrons. The first-order valence-corrected chi connectivity index (χ1v) is 11.8. The summed E-state index contributed by atoms with van der Waals surface area (Å²) in [4.78, 5) is 15.6. The minimum Gasteiger partial charge on any atom is -0.353 e. The minimum absolute atomic E-state index is 0.0656. The van der Waals surface area contributed by atoms with Crippen LogP contribution in [0.2, 0.25) is 0 Å². The highest BCUT2D eigenvalue weighted by Crippen LogP contribution is 2.45. The van der Waals surface area contributed by atoms with Crippen molar-refractivity contribution in [1.29, 1.82) is 0 Å². The van der Waals surface area contributed by atoms with E-state index in [1.54, 1.807) is 0 Å². The van der Waals surface area contributed by atoms with E-state index in [1.165, 1.54) is 22.0 Å². The standard InChI is InChI=1S/C25H36N4O/c1-15(2)29-14-16-12-23-21(20-5-4-6-22(29)24(16)20)11-17(13-28(23)3)25(30)27-19-9-7-18(26)8-10-19/h4-6,14-15,17-19,21,23H,7-13,26H2,1-3H3,(H,27,30)/t17?,18?,19?,21-,23-/m1/s1. The molecule has 2 fully saturated rings. The van der Waals surface area contributed by atoms with Crippen LogP contribution in [0.1, 0.15) is 69.0 Å². The first-order valence-electron chi connectivity index (χ1n) is 11.8. The Bertz CT molecular complexity index is 940. The molecule has 5 nitrogen and oxygen atoms in total. The van der Waals surface area contributed by atoms with Crippen molar-refractivity contribution in [3.05, 3.63) is 35.5 Å². The number of nitrogens with two attached hydrogens (primary N) is 1. The third kappa shape index (κ3) is 3.36. The maximum Gasteiger partial charge on any atom is 0.224 e. The van der Waals surface area contributed by atoms with Crippen molar-refractivity contribution in [2.24, 2.45) is 11.7 Å². The Morgan fingerprint density at radius 2 is 1.97 bits per heavy atom. The van der Waals surface area contributed by atoms with Crippen molar-refractivity contribution in [2.45, 2.75) is 82.5 Å². The van der Waals surface area contributed by atoms with Crippen LogP contribution in [0.4, 0.5) is 0 Å². The van der Waals surface area contributed by atoms with Crippen LogP contribution < -0.4 is 11.1 Å². The van der Waals surface area contributed by atoms with Crippen molar-refractivity contribution < 1.29 is 4.79 Å². The lowest BCUT2D eigenvalue weighted by Crippen LogP contribution is -2.52. The summed E-state index contributed by atoms with van der Waals surface area (Å²) in [6.45, 7) is 5.37. The van der Waals surface area contributed by atoms with Gasteiger partial charge in [-0.25, -0.2) is 0 Å². The van der Waals surface area contributed by atoms with Crippen molar-refractivity contribution in [1.82, 2.24) is 14.8 Å². The number of carbonyl (C=O) groups is 1. The van der Waals surface area contributed by atoms with Gasteiger partial charge in [0.2, 0.25) is 5.91 Å². The molecule has 162 valence electrons. The number of carbonyl (C=O) groups excluding carboxylic acids is 1. The molecule has 0 bridgehead atoms. The lowest BCUT2D eigenvalue weighted by Gasteiger charge is -2.45. The van der Waals surface area contributed by atoms with Gasteiger partial charge in [-0.2, -0.15) is 0 Å². The highest BCUT2D eigenvalue weighted by Gasteiger charge is 2.42. The largest absolute Gasteiger partial charge is 0.353 e. The van der Waals surface area contributed by atoms with Crippen LogP contribution >= 0.6 is 0 Å². The number of likely N-dealkylation sites (tertiary alicyclic amines) is 1. The fraction of sp³-hybridized carbons (Fsp3) is 0.640. The molecule has 1 amide bonds. The van der Waals surface area contributed by atoms with E-state index in [0.717, 1.165) is 45.1 Å². The van der Waals surface area contributed by atoms with Crippen LogP contribution in [0.25, 0.3) is 10.9 Å². The molecule has 3 N–H and O–H groups in total. The molecule has 0 spiro atoms. The van der Waals surface area contributed by atoms with Crippen LogP contribution in [0.15, 0.2) is 24.4 Å². The molecule has 1 unspecified atom stereocenters. The second-order valence-electron chi connectivity index (χ2n) is 10.3. The van der Waals surface area contributed by atoms with E-state index in [2.05, 4.69) is 60.1 Å². The van der Waals surface area contributed by atoms with Gasteiger partial charge in [-0.3, -0.25) is 4.79 Å². The Hall–Kier alpha value is -1.85. The van der Waals surface area contributed by atoms with Crippen LogP contribution in [-0.4, -0.2) is 47.1 Å². The number of hydrogen-bond acceptors (Lipinski definition) is 3. The summed E-state index contributed by atoms with van der Waals surface area (Å²) in [5.74, 6) is 0.743. The minimum atomic E-state index is 0.0656. The maximum atomic E-state index is 13.2. The number of piperidine rings is 1. The summed E-state index contributed by atoms with van der Waals surface area (Å²) in [7, 11) is 2.21. The molecule has 5 heteroatoms. The second kappa shape index (κ2) is 7.69. The van der Waals surface area contributed by atoms with Crippen LogP contribution in [0.5, 0.6) is 0 Å². The Labute approximate surface area is 180 Å². The van der Waals surface area contributed by atoms with Crippen LogP contribution in [-0.2, 0) is 11.2 Å². The number of nitrogens with zero attached hydrogens (tertiary/aromatic N) is 2. The molecule has 30 heavy (non-hydrogen) atoms. The molecule has 1 saturated heterocycles. The van der Waals surface area contributed by atoms with Gasteiger partial charge in [0, 0.05) is 53.7 Å². The van der Waals surface area contributed by atoms with Gasteiger partial charge in [0.1, 0.15) is 0 Å². The fourth-order valence-corrected chi connectivity index (χ4v) is 6.27. The molecule has 1 saturated carbocycles. The van der Waals surface area contributed by atoms with E-state index in [-0.39, 0.29) is 11.8 Å². The number of fused-ring (bicyclic) bond motifs is 2. The third-order valence-corrected chi connectivity index (χ3v) is 7.92. The van der Waals surface area contributed by atoms with Gasteiger partial charge in [0.15, 0.2) is 0 Å². The molecule has 3 atom stereocenters. The van der Waals surface area contributed by atoms with Gasteiger partial charge in [-0.15, -0.1) is 0 Å². The summed E-state index contributed by atoms with van der Waals surface area (Å²) in [5.41, 5.74) is 10.3. The van der Waals surface area contributed by atoms with Gasteiger partial charge in [-0.1, -0.05) is 12.1 Å². The molecule has 1 aromatic carbocycles. The van der Waals surface area contributed by atoms with E-state index in [4.69, 9.17) is 5.73 Å². The lowest BCUT2D eigenvalue weighted by molar-refractivity contribution is -0.128. The summed E-state index contributed by atoms with van der Waals surface area (Å²) in [6.07, 6.45) is 8.51. The highest BCUT2D eigenvalue weighted by atomic mass is 16.2. The Morgan fingerprint density at radius 1 is 1.20 bits per heavy atom. The smallest absolute Gasteiger partial charge is 0.224 e. The first kappa shape index (κ1) is 20.1. The molecule has 3 aliphatic rings. The van der Waals surface area contributed by atoms with E-state index >= 15 is 0 Å². The monoisotopic (exact) mass is 408 g/mol. The molecule has 1 aliphatic heterocycles. The normalized spacial score (nSPS) is 31.7. The Morgan fingerprint density at radius 3 is 2.70 bits per heavy atom. The molecule has 2 aliphatic carbocycles. The summed E-state index contributed by atoms with van der Waals surface area (Å²) < 4.78 is 2.42. The van der Waals surface area contributed by atoms with Crippen LogP contribution in [0, 0.1) is 5.92 Å². The molecule has 1 aromatic heterocycles. The summed E-state index contributed by atoms with van der Waals surface area (Å²) >= 11 is 0.